The topological polar surface area (TPSA) is 64.1 Å². The molecule has 3 aromatic rings. The molecule has 0 N–H and O–H groups in total. The van der Waals surface area contributed by atoms with Gasteiger partial charge >= 0.3 is 0 Å². The van der Waals surface area contributed by atoms with Crippen LogP contribution in [0.4, 0.5) is 0 Å². The number of hydrogen-bond donors (Lipinski definition) is 0. The van der Waals surface area contributed by atoms with E-state index in [1.807, 2.05) is 30.3 Å². The van der Waals surface area contributed by atoms with Gasteiger partial charge in [0.25, 0.3) is 0 Å². The normalized spacial score (nSPS) is 14.9. The molecule has 5 heteroatoms. The van der Waals surface area contributed by atoms with Crippen molar-refractivity contribution in [3.8, 4) is 11.3 Å². The summed E-state index contributed by atoms with van der Waals surface area (Å²) in [6, 6.07) is 18.7. The molecule has 0 radical (unpaired) electrons. The van der Waals surface area contributed by atoms with Crippen molar-refractivity contribution in [2.24, 2.45) is 0 Å². The molecular formula is C18H11NO3S. The number of ketones is 1. The molecule has 0 amide bonds. The summed E-state index contributed by atoms with van der Waals surface area (Å²) in [7, 11) is -3.80. The standard InChI is InChI=1S/C18H11NO3S/c20-17-13-8-4-5-9-16(13)23(21,22)18-14(17)10-11-15(19-18)12-6-2-1-3-7-12/h1-11H. The Kier molecular flexibility index (Phi) is 2.92. The van der Waals surface area contributed by atoms with Gasteiger partial charge in [-0.25, -0.2) is 13.4 Å². The van der Waals surface area contributed by atoms with Gasteiger partial charge in [0.15, 0.2) is 10.8 Å². The highest BCUT2D eigenvalue weighted by molar-refractivity contribution is 7.91. The molecule has 2 heterocycles. The first kappa shape index (κ1) is 13.8. The van der Waals surface area contributed by atoms with Crippen LogP contribution in [0, 0.1) is 0 Å². The number of fused-ring (bicyclic) bond motifs is 2. The number of aromatic nitrogens is 1. The molecule has 0 saturated heterocycles. The Morgan fingerprint density at radius 3 is 2.22 bits per heavy atom. The van der Waals surface area contributed by atoms with Crippen LogP contribution in [0.25, 0.3) is 11.3 Å². The lowest BCUT2D eigenvalue weighted by molar-refractivity contribution is 0.103. The number of carbonyl (C=O) groups excluding carboxylic acids is 1. The quantitative estimate of drug-likeness (QED) is 0.540. The maximum absolute atomic E-state index is 12.8. The number of sulfone groups is 1. The van der Waals surface area contributed by atoms with Crippen LogP contribution in [0.1, 0.15) is 15.9 Å². The van der Waals surface area contributed by atoms with Gasteiger partial charge in [-0.15, -0.1) is 0 Å². The highest BCUT2D eigenvalue weighted by Crippen LogP contribution is 2.34. The van der Waals surface area contributed by atoms with Crippen LogP contribution in [-0.2, 0) is 9.84 Å². The number of carbonyl (C=O) groups is 1. The first-order valence-electron chi connectivity index (χ1n) is 7.04. The Morgan fingerprint density at radius 2 is 1.43 bits per heavy atom. The Labute approximate surface area is 133 Å². The summed E-state index contributed by atoms with van der Waals surface area (Å²) >= 11 is 0. The van der Waals surface area contributed by atoms with Crippen molar-refractivity contribution in [2.45, 2.75) is 9.92 Å². The molecular weight excluding hydrogens is 310 g/mol. The minimum atomic E-state index is -3.80. The second-order valence-electron chi connectivity index (χ2n) is 5.24. The predicted octanol–water partition coefficient (Wildman–Crippen LogP) is 3.13. The minimum absolute atomic E-state index is 0.0233. The summed E-state index contributed by atoms with van der Waals surface area (Å²) in [5.41, 5.74) is 1.66. The van der Waals surface area contributed by atoms with Crippen molar-refractivity contribution in [1.29, 1.82) is 0 Å². The van der Waals surface area contributed by atoms with E-state index in [0.717, 1.165) is 5.56 Å². The van der Waals surface area contributed by atoms with Crippen molar-refractivity contribution in [3.05, 3.63) is 77.9 Å². The van der Waals surface area contributed by atoms with Crippen molar-refractivity contribution in [2.75, 3.05) is 0 Å². The van der Waals surface area contributed by atoms with Crippen LogP contribution in [0.3, 0.4) is 0 Å². The minimum Gasteiger partial charge on any atom is -0.288 e. The molecule has 4 nitrogen and oxygen atoms in total. The van der Waals surface area contributed by atoms with Crippen molar-refractivity contribution in [1.82, 2.24) is 4.98 Å². The third-order valence-corrected chi connectivity index (χ3v) is 5.61. The fraction of sp³-hybridized carbons (Fsp3) is 0. The second-order valence-corrected chi connectivity index (χ2v) is 7.08. The smallest absolute Gasteiger partial charge is 0.225 e. The van der Waals surface area contributed by atoms with Gasteiger partial charge in [0, 0.05) is 11.1 Å². The van der Waals surface area contributed by atoms with Gasteiger partial charge in [0.05, 0.1) is 16.2 Å². The zero-order chi connectivity index (χ0) is 16.0. The van der Waals surface area contributed by atoms with E-state index in [2.05, 4.69) is 4.98 Å². The van der Waals surface area contributed by atoms with Crippen LogP contribution < -0.4 is 0 Å². The zero-order valence-corrected chi connectivity index (χ0v) is 12.7. The Balaban J connectivity index is 1.99. The third kappa shape index (κ3) is 2.01. The SMILES string of the molecule is O=C1c2ccccc2S(=O)(=O)c2nc(-c3ccccc3)ccc21. The highest BCUT2D eigenvalue weighted by atomic mass is 32.2. The average Bonchev–Trinajstić information content (AvgIpc) is 2.60. The van der Waals surface area contributed by atoms with E-state index in [1.165, 1.54) is 12.1 Å². The first-order chi connectivity index (χ1) is 11.1. The molecule has 2 aromatic carbocycles. The Bertz CT molecular complexity index is 1040. The lowest BCUT2D eigenvalue weighted by Crippen LogP contribution is -2.21. The molecule has 1 aromatic heterocycles. The van der Waals surface area contributed by atoms with E-state index in [4.69, 9.17) is 0 Å². The van der Waals surface area contributed by atoms with E-state index in [-0.39, 0.29) is 26.8 Å². The maximum Gasteiger partial charge on any atom is 0.225 e. The van der Waals surface area contributed by atoms with E-state index >= 15 is 0 Å². The number of rotatable bonds is 1. The molecule has 0 atom stereocenters. The summed E-state index contributed by atoms with van der Waals surface area (Å²) in [6.07, 6.45) is 0. The maximum atomic E-state index is 12.8. The lowest BCUT2D eigenvalue weighted by Gasteiger charge is -2.18. The fourth-order valence-corrected chi connectivity index (χ4v) is 4.31. The zero-order valence-electron chi connectivity index (χ0n) is 11.9. The van der Waals surface area contributed by atoms with E-state index in [1.54, 1.807) is 24.3 Å². The molecule has 23 heavy (non-hydrogen) atoms. The molecule has 0 saturated carbocycles. The van der Waals surface area contributed by atoms with Crippen LogP contribution in [-0.4, -0.2) is 19.2 Å². The molecule has 0 aliphatic carbocycles. The van der Waals surface area contributed by atoms with Gasteiger partial charge in [-0.3, -0.25) is 4.79 Å². The van der Waals surface area contributed by atoms with Gasteiger partial charge in [-0.2, -0.15) is 0 Å². The summed E-state index contributed by atoms with van der Waals surface area (Å²) in [6.45, 7) is 0. The molecule has 4 rings (SSSR count). The summed E-state index contributed by atoms with van der Waals surface area (Å²) < 4.78 is 25.6. The largest absolute Gasteiger partial charge is 0.288 e. The average molecular weight is 321 g/mol. The Morgan fingerprint density at radius 1 is 0.739 bits per heavy atom. The van der Waals surface area contributed by atoms with Crippen LogP contribution in [0.2, 0.25) is 0 Å². The molecule has 0 unspecified atom stereocenters. The summed E-state index contributed by atoms with van der Waals surface area (Å²) in [4.78, 5) is 16.8. The molecule has 112 valence electrons. The Hall–Kier alpha value is -2.79. The van der Waals surface area contributed by atoms with Gasteiger partial charge < -0.3 is 0 Å². The van der Waals surface area contributed by atoms with Gasteiger partial charge in [-0.05, 0) is 24.3 Å². The summed E-state index contributed by atoms with van der Waals surface area (Å²) in [5.74, 6) is -0.308. The van der Waals surface area contributed by atoms with E-state index in [0.29, 0.717) is 5.69 Å². The fourth-order valence-electron chi connectivity index (χ4n) is 2.73. The summed E-state index contributed by atoms with van der Waals surface area (Å²) in [5, 5.41) is -0.164. The third-order valence-electron chi connectivity index (χ3n) is 3.85. The van der Waals surface area contributed by atoms with E-state index in [9.17, 15) is 13.2 Å². The van der Waals surface area contributed by atoms with Crippen LogP contribution in [0.15, 0.2) is 76.7 Å². The monoisotopic (exact) mass is 321 g/mol. The van der Waals surface area contributed by atoms with Crippen LogP contribution in [0.5, 0.6) is 0 Å². The van der Waals surface area contributed by atoms with Crippen molar-refractivity contribution >= 4 is 15.6 Å². The second kappa shape index (κ2) is 4.86. The molecule has 0 spiro atoms. The molecule has 1 aliphatic heterocycles. The molecule has 0 fully saturated rings. The predicted molar refractivity (Wildman–Crippen MR) is 85.0 cm³/mol. The number of nitrogens with zero attached hydrogens (tertiary/aromatic N) is 1. The number of pyridine rings is 1. The van der Waals surface area contributed by atoms with Gasteiger partial charge in [0.1, 0.15) is 0 Å². The van der Waals surface area contributed by atoms with Crippen molar-refractivity contribution in [3.63, 3.8) is 0 Å². The number of hydrogen-bond acceptors (Lipinski definition) is 4. The molecule has 1 aliphatic rings. The lowest BCUT2D eigenvalue weighted by atomic mass is 10.0. The van der Waals surface area contributed by atoms with Gasteiger partial charge in [0.2, 0.25) is 9.84 Å². The van der Waals surface area contributed by atoms with Gasteiger partial charge in [-0.1, -0.05) is 42.5 Å². The van der Waals surface area contributed by atoms with E-state index < -0.39 is 9.84 Å². The van der Waals surface area contributed by atoms with Crippen molar-refractivity contribution < 1.29 is 13.2 Å². The number of benzene rings is 2. The molecule has 0 bridgehead atoms. The first-order valence-corrected chi connectivity index (χ1v) is 8.52. The highest BCUT2D eigenvalue weighted by Gasteiger charge is 2.36. The van der Waals surface area contributed by atoms with Crippen LogP contribution >= 0.6 is 0 Å².